The number of hydrogen-bond acceptors (Lipinski definition) is 6. The Morgan fingerprint density at radius 2 is 2.26 bits per heavy atom. The van der Waals surface area contributed by atoms with Crippen molar-refractivity contribution in [1.82, 2.24) is 19.7 Å². The van der Waals surface area contributed by atoms with Gasteiger partial charge in [0.25, 0.3) is 0 Å². The van der Waals surface area contributed by atoms with Crippen molar-refractivity contribution in [2.75, 3.05) is 6.61 Å². The van der Waals surface area contributed by atoms with Gasteiger partial charge in [0.15, 0.2) is 0 Å². The summed E-state index contributed by atoms with van der Waals surface area (Å²) in [6.07, 6.45) is 5.61. The molecule has 7 nitrogen and oxygen atoms in total. The molecule has 0 amide bonds. The zero-order valence-corrected chi connectivity index (χ0v) is 15.5. The van der Waals surface area contributed by atoms with Crippen molar-refractivity contribution in [2.24, 2.45) is 0 Å². The molecular weight excluding hydrogens is 368 g/mol. The third-order valence-electron chi connectivity index (χ3n) is 4.36. The van der Waals surface area contributed by atoms with Gasteiger partial charge in [-0.15, -0.1) is 0 Å². The lowest BCUT2D eigenvalue weighted by atomic mass is 10.1. The van der Waals surface area contributed by atoms with Gasteiger partial charge < -0.3 is 14.2 Å². The summed E-state index contributed by atoms with van der Waals surface area (Å²) in [5, 5.41) is 4.66. The second-order valence-electron chi connectivity index (χ2n) is 6.22. The van der Waals surface area contributed by atoms with Crippen LogP contribution in [0, 0.1) is 0 Å². The average molecular weight is 387 g/mol. The molecule has 2 atom stereocenters. The van der Waals surface area contributed by atoms with Crippen LogP contribution in [0.25, 0.3) is 0 Å². The number of aromatic nitrogens is 4. The molecule has 0 saturated carbocycles. The Kier molecular flexibility index (Phi) is 5.07. The monoisotopic (exact) mass is 386 g/mol. The molecule has 0 aliphatic carbocycles. The molecular formula is C19H19ClN4O3. The van der Waals surface area contributed by atoms with Crippen LogP contribution < -0.4 is 4.74 Å². The van der Waals surface area contributed by atoms with Gasteiger partial charge in [-0.1, -0.05) is 24.6 Å². The Hall–Kier alpha value is -2.48. The fourth-order valence-electron chi connectivity index (χ4n) is 3.00. The van der Waals surface area contributed by atoms with Crippen LogP contribution in [0.3, 0.4) is 0 Å². The highest BCUT2D eigenvalue weighted by Crippen LogP contribution is 2.41. The molecule has 2 aromatic heterocycles. The van der Waals surface area contributed by atoms with Crippen LogP contribution in [0.15, 0.2) is 55.2 Å². The molecule has 4 rings (SSSR count). The minimum absolute atomic E-state index is 0.00552. The Morgan fingerprint density at radius 3 is 2.93 bits per heavy atom. The molecule has 0 spiro atoms. The molecule has 3 aromatic rings. The van der Waals surface area contributed by atoms with Crippen LogP contribution in [-0.4, -0.2) is 32.5 Å². The normalized spacial score (nSPS) is 22.1. The average Bonchev–Trinajstić information content (AvgIpc) is 3.33. The Labute approximate surface area is 161 Å². The third-order valence-corrected chi connectivity index (χ3v) is 4.68. The Bertz CT molecular complexity index is 891. The molecule has 1 aliphatic rings. The van der Waals surface area contributed by atoms with E-state index in [-0.39, 0.29) is 6.10 Å². The summed E-state index contributed by atoms with van der Waals surface area (Å²) in [6.45, 7) is 2.91. The number of nitrogens with zero attached hydrogens (tertiary/aromatic N) is 4. The van der Waals surface area contributed by atoms with E-state index < -0.39 is 5.79 Å². The van der Waals surface area contributed by atoms with Crippen molar-refractivity contribution in [3.05, 3.63) is 65.8 Å². The first kappa shape index (κ1) is 17.9. The van der Waals surface area contributed by atoms with Crippen LogP contribution >= 0.6 is 11.6 Å². The lowest BCUT2D eigenvalue weighted by molar-refractivity contribution is -0.188. The fourth-order valence-corrected chi connectivity index (χ4v) is 3.31. The van der Waals surface area contributed by atoms with Crippen LogP contribution in [0.2, 0.25) is 5.02 Å². The van der Waals surface area contributed by atoms with Crippen molar-refractivity contribution in [2.45, 2.75) is 31.8 Å². The summed E-state index contributed by atoms with van der Waals surface area (Å²) in [5.41, 5.74) is 0.726. The zero-order chi connectivity index (χ0) is 18.7. The maximum absolute atomic E-state index is 6.59. The molecule has 2 unspecified atom stereocenters. The number of pyridine rings is 1. The van der Waals surface area contributed by atoms with Crippen molar-refractivity contribution < 1.29 is 14.2 Å². The summed E-state index contributed by atoms with van der Waals surface area (Å²) >= 11 is 6.59. The van der Waals surface area contributed by atoms with E-state index in [1.807, 2.05) is 24.3 Å². The van der Waals surface area contributed by atoms with Gasteiger partial charge >= 0.3 is 0 Å². The molecule has 1 fully saturated rings. The van der Waals surface area contributed by atoms with Gasteiger partial charge in [0.2, 0.25) is 11.7 Å². The summed E-state index contributed by atoms with van der Waals surface area (Å²) in [5.74, 6) is 0.0658. The lowest BCUT2D eigenvalue weighted by Crippen LogP contribution is -2.34. The van der Waals surface area contributed by atoms with E-state index in [4.69, 9.17) is 25.8 Å². The Balaban J connectivity index is 1.64. The smallest absolute Gasteiger partial charge is 0.219 e. The zero-order valence-electron chi connectivity index (χ0n) is 14.8. The molecule has 140 valence electrons. The topological polar surface area (TPSA) is 71.3 Å². The van der Waals surface area contributed by atoms with Gasteiger partial charge in [-0.05, 0) is 30.7 Å². The second-order valence-corrected chi connectivity index (χ2v) is 6.62. The van der Waals surface area contributed by atoms with E-state index in [0.717, 1.165) is 12.0 Å². The van der Waals surface area contributed by atoms with Gasteiger partial charge in [-0.25, -0.2) is 14.6 Å². The van der Waals surface area contributed by atoms with E-state index in [1.165, 1.54) is 6.33 Å². The first-order valence-electron chi connectivity index (χ1n) is 8.71. The molecule has 1 saturated heterocycles. The van der Waals surface area contributed by atoms with Crippen molar-refractivity contribution in [3.8, 4) is 11.6 Å². The number of rotatable bonds is 6. The quantitative estimate of drug-likeness (QED) is 0.641. The molecule has 27 heavy (non-hydrogen) atoms. The van der Waals surface area contributed by atoms with Crippen LogP contribution in [0.1, 0.15) is 18.9 Å². The van der Waals surface area contributed by atoms with Crippen LogP contribution in [0.5, 0.6) is 11.6 Å². The van der Waals surface area contributed by atoms with E-state index in [2.05, 4.69) is 22.0 Å². The predicted octanol–water partition coefficient (Wildman–Crippen LogP) is 3.80. The molecule has 8 heteroatoms. The first-order valence-corrected chi connectivity index (χ1v) is 9.09. The Morgan fingerprint density at radius 1 is 1.33 bits per heavy atom. The van der Waals surface area contributed by atoms with E-state index in [1.54, 1.807) is 29.3 Å². The summed E-state index contributed by atoms with van der Waals surface area (Å²) in [4.78, 5) is 8.15. The van der Waals surface area contributed by atoms with E-state index in [9.17, 15) is 0 Å². The molecule has 1 aromatic carbocycles. The molecule has 0 bridgehead atoms. The van der Waals surface area contributed by atoms with E-state index in [0.29, 0.717) is 29.8 Å². The van der Waals surface area contributed by atoms with Crippen molar-refractivity contribution in [3.63, 3.8) is 0 Å². The maximum Gasteiger partial charge on any atom is 0.219 e. The number of ether oxygens (including phenoxy) is 3. The first-order chi connectivity index (χ1) is 13.2. The highest BCUT2D eigenvalue weighted by molar-refractivity contribution is 6.31. The summed E-state index contributed by atoms with van der Waals surface area (Å²) in [6, 6.07) is 10.9. The molecule has 0 radical (unpaired) electrons. The standard InChI is InChI=1S/C19H19ClN4O3/c1-2-14-10-25-19(27-14,11-24-13-21-12-23-24)16-7-6-15(9-17(16)20)26-18-5-3-4-8-22-18/h3-9,12-14H,2,10-11H2,1H3. The van der Waals surface area contributed by atoms with Gasteiger partial charge in [0.05, 0.1) is 17.7 Å². The molecule has 0 N–H and O–H groups in total. The predicted molar refractivity (Wildman–Crippen MR) is 98.6 cm³/mol. The van der Waals surface area contributed by atoms with Crippen molar-refractivity contribution in [1.29, 1.82) is 0 Å². The third kappa shape index (κ3) is 3.80. The minimum atomic E-state index is -1.02. The minimum Gasteiger partial charge on any atom is -0.439 e. The second kappa shape index (κ2) is 7.64. The van der Waals surface area contributed by atoms with Gasteiger partial charge in [-0.3, -0.25) is 0 Å². The lowest BCUT2D eigenvalue weighted by Gasteiger charge is -2.29. The van der Waals surface area contributed by atoms with Crippen LogP contribution in [-0.2, 0) is 21.8 Å². The van der Waals surface area contributed by atoms with Crippen molar-refractivity contribution >= 4 is 11.6 Å². The summed E-state index contributed by atoms with van der Waals surface area (Å²) in [7, 11) is 0. The maximum atomic E-state index is 6.59. The molecule has 3 heterocycles. The van der Waals surface area contributed by atoms with Gasteiger partial charge in [-0.2, -0.15) is 5.10 Å². The number of halogens is 1. The SMILES string of the molecule is CCC1COC(Cn2cncn2)(c2ccc(Oc3ccccn3)cc2Cl)O1. The van der Waals surface area contributed by atoms with E-state index >= 15 is 0 Å². The molecule has 1 aliphatic heterocycles. The van der Waals surface area contributed by atoms with Gasteiger partial charge in [0.1, 0.15) is 24.9 Å². The number of benzene rings is 1. The van der Waals surface area contributed by atoms with Gasteiger partial charge in [0, 0.05) is 17.8 Å². The highest BCUT2D eigenvalue weighted by Gasteiger charge is 2.44. The fraction of sp³-hybridized carbons (Fsp3) is 0.316. The largest absolute Gasteiger partial charge is 0.439 e. The number of hydrogen-bond donors (Lipinski definition) is 0. The van der Waals surface area contributed by atoms with Crippen LogP contribution in [0.4, 0.5) is 0 Å². The summed E-state index contributed by atoms with van der Waals surface area (Å²) < 4.78 is 19.8. The highest BCUT2D eigenvalue weighted by atomic mass is 35.5.